The second kappa shape index (κ2) is 7.70. The van der Waals surface area contributed by atoms with Crippen LogP contribution in [0.1, 0.15) is 38.3 Å². The molecule has 142 valence electrons. The normalized spacial score (nSPS) is 24.2. The van der Waals surface area contributed by atoms with Crippen LogP contribution in [-0.2, 0) is 16.0 Å². The van der Waals surface area contributed by atoms with E-state index < -0.39 is 11.4 Å². The van der Waals surface area contributed by atoms with Crippen molar-refractivity contribution in [3.8, 4) is 0 Å². The number of nitrogens with zero attached hydrogens (tertiary/aromatic N) is 2. The number of hydrogen-bond acceptors (Lipinski definition) is 4. The Labute approximate surface area is 152 Å². The van der Waals surface area contributed by atoms with Crippen LogP contribution in [-0.4, -0.2) is 52.0 Å². The van der Waals surface area contributed by atoms with Crippen LogP contribution in [0, 0.1) is 17.7 Å². The van der Waals surface area contributed by atoms with Gasteiger partial charge in [0.05, 0.1) is 25.7 Å². The minimum Gasteiger partial charge on any atom is -0.384 e. The second-order valence-electron chi connectivity index (χ2n) is 7.88. The molecule has 1 saturated carbocycles. The Bertz CT molecular complexity index is 658. The number of amides is 2. The third-order valence-electron chi connectivity index (χ3n) is 5.33. The second-order valence-corrected chi connectivity index (χ2v) is 7.88. The number of likely N-dealkylation sites (tertiary alicyclic amines) is 1. The van der Waals surface area contributed by atoms with Crippen molar-refractivity contribution in [3.63, 3.8) is 0 Å². The highest BCUT2D eigenvalue weighted by Gasteiger charge is 2.44. The number of halogens is 1. The topological polar surface area (TPSA) is 82.5 Å². The highest BCUT2D eigenvalue weighted by molar-refractivity contribution is 5.79. The third kappa shape index (κ3) is 4.78. The zero-order valence-corrected chi connectivity index (χ0v) is 15.1. The van der Waals surface area contributed by atoms with Crippen LogP contribution in [0.15, 0.2) is 18.3 Å². The molecule has 1 aliphatic carbocycles. The fourth-order valence-corrected chi connectivity index (χ4v) is 3.84. The van der Waals surface area contributed by atoms with E-state index in [1.54, 1.807) is 4.90 Å². The summed E-state index contributed by atoms with van der Waals surface area (Å²) in [7, 11) is 0. The van der Waals surface area contributed by atoms with Gasteiger partial charge >= 0.3 is 0 Å². The van der Waals surface area contributed by atoms with E-state index >= 15 is 0 Å². The molecule has 0 bridgehead atoms. The van der Waals surface area contributed by atoms with Crippen molar-refractivity contribution in [2.45, 2.75) is 44.6 Å². The summed E-state index contributed by atoms with van der Waals surface area (Å²) >= 11 is 0. The van der Waals surface area contributed by atoms with Gasteiger partial charge in [-0.2, -0.15) is 0 Å². The number of carbonyl (C=O) groups excluding carboxylic acids is 2. The Morgan fingerprint density at radius 1 is 1.38 bits per heavy atom. The van der Waals surface area contributed by atoms with Crippen molar-refractivity contribution in [1.29, 1.82) is 0 Å². The molecule has 26 heavy (non-hydrogen) atoms. The van der Waals surface area contributed by atoms with Gasteiger partial charge in [-0.1, -0.05) is 13.3 Å². The van der Waals surface area contributed by atoms with Crippen LogP contribution in [0.5, 0.6) is 0 Å². The number of nitrogens with one attached hydrogen (secondary N) is 1. The highest BCUT2D eigenvalue weighted by Crippen LogP contribution is 2.33. The number of hydrogen-bond donors (Lipinski definition) is 2. The standard InChI is InChI=1S/C19H26FN3O3/c1-13-2-3-14(6-13)7-18(25)23-11-19(26,12-23)10-22-17(24)8-16-5-4-15(20)9-21-16/h4-5,9,13-14,26H,2-3,6-8,10-12H2,1H3,(H,22,24). The molecular formula is C19H26FN3O3. The van der Waals surface area contributed by atoms with E-state index in [1.165, 1.54) is 18.6 Å². The molecule has 2 heterocycles. The lowest BCUT2D eigenvalue weighted by Gasteiger charge is -2.46. The molecule has 2 N–H and O–H groups in total. The van der Waals surface area contributed by atoms with E-state index in [2.05, 4.69) is 17.2 Å². The summed E-state index contributed by atoms with van der Waals surface area (Å²) in [5.41, 5.74) is -0.600. The molecule has 6 nitrogen and oxygen atoms in total. The van der Waals surface area contributed by atoms with Crippen LogP contribution in [0.3, 0.4) is 0 Å². The number of aromatic nitrogens is 1. The number of aliphatic hydroxyl groups is 1. The summed E-state index contributed by atoms with van der Waals surface area (Å²) < 4.78 is 12.8. The van der Waals surface area contributed by atoms with Gasteiger partial charge in [0.15, 0.2) is 0 Å². The predicted molar refractivity (Wildman–Crippen MR) is 93.6 cm³/mol. The van der Waals surface area contributed by atoms with Crippen LogP contribution < -0.4 is 5.32 Å². The van der Waals surface area contributed by atoms with Gasteiger partial charge in [-0.25, -0.2) is 4.39 Å². The summed E-state index contributed by atoms with van der Waals surface area (Å²) in [4.78, 5) is 29.7. The summed E-state index contributed by atoms with van der Waals surface area (Å²) in [6.07, 6.45) is 5.06. The molecule has 2 amide bonds. The van der Waals surface area contributed by atoms with Crippen LogP contribution in [0.25, 0.3) is 0 Å². The van der Waals surface area contributed by atoms with Gasteiger partial charge in [0, 0.05) is 18.7 Å². The van der Waals surface area contributed by atoms with Crippen molar-refractivity contribution >= 4 is 11.8 Å². The first-order valence-electron chi connectivity index (χ1n) is 9.20. The molecule has 7 heteroatoms. The summed E-state index contributed by atoms with van der Waals surface area (Å²) in [5, 5.41) is 13.1. The summed E-state index contributed by atoms with van der Waals surface area (Å²) in [6, 6.07) is 2.71. The fraction of sp³-hybridized carbons (Fsp3) is 0.632. The molecule has 1 aromatic rings. The predicted octanol–water partition coefficient (Wildman–Crippen LogP) is 1.28. The van der Waals surface area contributed by atoms with E-state index in [-0.39, 0.29) is 37.9 Å². The molecule has 0 radical (unpaired) electrons. The van der Waals surface area contributed by atoms with Crippen molar-refractivity contribution in [2.75, 3.05) is 19.6 Å². The monoisotopic (exact) mass is 363 g/mol. The van der Waals surface area contributed by atoms with Gasteiger partial charge < -0.3 is 15.3 Å². The molecule has 2 fully saturated rings. The molecule has 1 saturated heterocycles. The van der Waals surface area contributed by atoms with Crippen molar-refractivity contribution in [2.24, 2.45) is 11.8 Å². The van der Waals surface area contributed by atoms with Crippen LogP contribution in [0.4, 0.5) is 4.39 Å². The highest BCUT2D eigenvalue weighted by atomic mass is 19.1. The van der Waals surface area contributed by atoms with E-state index in [9.17, 15) is 19.1 Å². The number of pyridine rings is 1. The van der Waals surface area contributed by atoms with Crippen molar-refractivity contribution in [1.82, 2.24) is 15.2 Å². The molecule has 0 spiro atoms. The average Bonchev–Trinajstić information content (AvgIpc) is 2.97. The molecule has 1 aromatic heterocycles. The summed E-state index contributed by atoms with van der Waals surface area (Å²) in [6.45, 7) is 2.82. The van der Waals surface area contributed by atoms with Gasteiger partial charge in [-0.15, -0.1) is 0 Å². The maximum absolute atomic E-state index is 12.8. The number of carbonyl (C=O) groups is 2. The Morgan fingerprint density at radius 2 is 2.15 bits per heavy atom. The van der Waals surface area contributed by atoms with Crippen LogP contribution >= 0.6 is 0 Å². The Kier molecular flexibility index (Phi) is 5.55. The van der Waals surface area contributed by atoms with Gasteiger partial charge in [-0.05, 0) is 36.8 Å². The van der Waals surface area contributed by atoms with Crippen LogP contribution in [0.2, 0.25) is 0 Å². The number of β-amino-alcohol motifs (C(OH)–C–C–N with tert-alkyl or cyclic N) is 1. The molecule has 3 rings (SSSR count). The largest absolute Gasteiger partial charge is 0.384 e. The van der Waals surface area contributed by atoms with Gasteiger partial charge in [0.1, 0.15) is 11.4 Å². The zero-order chi connectivity index (χ0) is 18.7. The SMILES string of the molecule is CC1CCC(CC(=O)N2CC(O)(CNC(=O)Cc3ccc(F)cn3)C2)C1. The summed E-state index contributed by atoms with van der Waals surface area (Å²) in [5.74, 6) is 0.522. The molecular weight excluding hydrogens is 337 g/mol. The Balaban J connectivity index is 1.37. The maximum Gasteiger partial charge on any atom is 0.226 e. The lowest BCUT2D eigenvalue weighted by atomic mass is 9.92. The minimum atomic E-state index is -1.06. The van der Waals surface area contributed by atoms with Gasteiger partial charge in [0.25, 0.3) is 0 Å². The zero-order valence-electron chi connectivity index (χ0n) is 15.1. The average molecular weight is 363 g/mol. The first kappa shape index (κ1) is 18.8. The first-order chi connectivity index (χ1) is 12.3. The van der Waals surface area contributed by atoms with E-state index in [1.807, 2.05) is 0 Å². The number of rotatable bonds is 6. The molecule has 2 atom stereocenters. The Morgan fingerprint density at radius 3 is 2.77 bits per heavy atom. The lowest BCUT2D eigenvalue weighted by molar-refractivity contribution is -0.156. The fourth-order valence-electron chi connectivity index (χ4n) is 3.84. The maximum atomic E-state index is 12.8. The molecule has 2 unspecified atom stereocenters. The van der Waals surface area contributed by atoms with Crippen molar-refractivity contribution < 1.29 is 19.1 Å². The quantitative estimate of drug-likeness (QED) is 0.798. The third-order valence-corrected chi connectivity index (χ3v) is 5.33. The Hall–Kier alpha value is -2.02. The minimum absolute atomic E-state index is 0.0267. The molecule has 2 aliphatic rings. The molecule has 0 aromatic carbocycles. The van der Waals surface area contributed by atoms with E-state index in [0.29, 0.717) is 24.0 Å². The van der Waals surface area contributed by atoms with Crippen molar-refractivity contribution in [3.05, 3.63) is 29.8 Å². The smallest absolute Gasteiger partial charge is 0.226 e. The first-order valence-corrected chi connectivity index (χ1v) is 9.20. The van der Waals surface area contributed by atoms with Gasteiger partial charge in [-0.3, -0.25) is 14.6 Å². The van der Waals surface area contributed by atoms with E-state index in [4.69, 9.17) is 0 Å². The van der Waals surface area contributed by atoms with Gasteiger partial charge in [0.2, 0.25) is 11.8 Å². The molecule has 1 aliphatic heterocycles. The lowest BCUT2D eigenvalue weighted by Crippen LogP contribution is -2.67. The van der Waals surface area contributed by atoms with E-state index in [0.717, 1.165) is 19.0 Å².